The Morgan fingerprint density at radius 2 is 1.57 bits per heavy atom. The topological polar surface area (TPSA) is 57.7 Å². The molecule has 0 heterocycles. The highest BCUT2D eigenvalue weighted by Gasteiger charge is 2.19. The number of nitrogens with zero attached hydrogens (tertiary/aromatic N) is 2. The molecule has 0 spiro atoms. The third-order valence-corrected chi connectivity index (χ3v) is 6.22. The van der Waals surface area contributed by atoms with Gasteiger partial charge in [-0.15, -0.1) is 0 Å². The van der Waals surface area contributed by atoms with E-state index in [4.69, 9.17) is 0 Å². The summed E-state index contributed by atoms with van der Waals surface area (Å²) >= 11 is 0. The van der Waals surface area contributed by atoms with Gasteiger partial charge in [-0.3, -0.25) is 4.79 Å². The van der Waals surface area contributed by atoms with Gasteiger partial charge in [0.15, 0.2) is 9.84 Å². The summed E-state index contributed by atoms with van der Waals surface area (Å²) in [6, 6.07) is 14.2. The summed E-state index contributed by atoms with van der Waals surface area (Å²) in [7, 11) is 0.592. The maximum Gasteiger partial charge on any atom is 0.254 e. The van der Waals surface area contributed by atoms with Crippen LogP contribution in [0.1, 0.15) is 48.7 Å². The van der Waals surface area contributed by atoms with E-state index in [0.29, 0.717) is 5.56 Å². The fraction of sp³-hybridized carbons (Fsp3) is 0.409. The van der Waals surface area contributed by atoms with E-state index in [2.05, 4.69) is 18.9 Å². The molecule has 0 saturated heterocycles. The van der Waals surface area contributed by atoms with E-state index in [-0.39, 0.29) is 16.8 Å². The van der Waals surface area contributed by atoms with Crippen LogP contribution in [0.4, 0.5) is 5.69 Å². The number of hydrogen-bond donors (Lipinski definition) is 0. The molecule has 152 valence electrons. The van der Waals surface area contributed by atoms with Gasteiger partial charge in [0.25, 0.3) is 5.91 Å². The molecule has 2 aromatic carbocycles. The standard InChI is InChI=1S/C22H30N2O3S/c1-6-7-16-23(3)20-12-8-19(9-13-20)22(25)24(4)17(2)18-10-14-21(15-11-18)28(5,26)27/h8-15,17H,6-7,16H2,1-5H3. The van der Waals surface area contributed by atoms with Crippen LogP contribution in [0, 0.1) is 0 Å². The summed E-state index contributed by atoms with van der Waals surface area (Å²) in [5.41, 5.74) is 2.62. The van der Waals surface area contributed by atoms with Crippen molar-refractivity contribution in [1.82, 2.24) is 4.90 Å². The van der Waals surface area contributed by atoms with E-state index >= 15 is 0 Å². The fourth-order valence-corrected chi connectivity index (χ4v) is 3.61. The maximum atomic E-state index is 12.9. The highest BCUT2D eigenvalue weighted by Crippen LogP contribution is 2.23. The van der Waals surface area contributed by atoms with Gasteiger partial charge in [-0.25, -0.2) is 8.42 Å². The molecule has 0 aliphatic rings. The minimum Gasteiger partial charge on any atom is -0.375 e. The van der Waals surface area contributed by atoms with Gasteiger partial charge in [-0.2, -0.15) is 0 Å². The molecule has 5 nitrogen and oxygen atoms in total. The number of hydrogen-bond acceptors (Lipinski definition) is 4. The molecule has 2 aromatic rings. The van der Waals surface area contributed by atoms with E-state index in [9.17, 15) is 13.2 Å². The third-order valence-electron chi connectivity index (χ3n) is 5.09. The van der Waals surface area contributed by atoms with Crippen molar-refractivity contribution in [2.75, 3.05) is 31.8 Å². The highest BCUT2D eigenvalue weighted by atomic mass is 32.2. The van der Waals surface area contributed by atoms with Gasteiger partial charge >= 0.3 is 0 Å². The van der Waals surface area contributed by atoms with Crippen molar-refractivity contribution < 1.29 is 13.2 Å². The van der Waals surface area contributed by atoms with Crippen LogP contribution < -0.4 is 4.90 Å². The minimum absolute atomic E-state index is 0.0672. The number of sulfone groups is 1. The number of carbonyl (C=O) groups excluding carboxylic acids is 1. The first-order valence-electron chi connectivity index (χ1n) is 9.53. The van der Waals surface area contributed by atoms with Crippen molar-refractivity contribution in [2.45, 2.75) is 37.6 Å². The average molecular weight is 403 g/mol. The lowest BCUT2D eigenvalue weighted by Gasteiger charge is -2.26. The molecule has 6 heteroatoms. The Bertz CT molecular complexity index is 890. The van der Waals surface area contributed by atoms with Crippen LogP contribution in [0.2, 0.25) is 0 Å². The molecule has 2 rings (SSSR count). The number of anilines is 1. The Kier molecular flexibility index (Phi) is 7.24. The molecule has 1 atom stereocenters. The second-order valence-electron chi connectivity index (χ2n) is 7.26. The average Bonchev–Trinajstić information content (AvgIpc) is 2.69. The van der Waals surface area contributed by atoms with Crippen LogP contribution in [0.3, 0.4) is 0 Å². The second-order valence-corrected chi connectivity index (χ2v) is 9.27. The van der Waals surface area contributed by atoms with Gasteiger partial charge in [0.1, 0.15) is 0 Å². The van der Waals surface area contributed by atoms with Crippen molar-refractivity contribution in [2.24, 2.45) is 0 Å². The van der Waals surface area contributed by atoms with Crippen molar-refractivity contribution in [3.05, 3.63) is 59.7 Å². The summed E-state index contributed by atoms with van der Waals surface area (Å²) in [4.78, 5) is 17.0. The third kappa shape index (κ3) is 5.35. The summed E-state index contributed by atoms with van der Waals surface area (Å²) in [5, 5.41) is 0. The lowest BCUT2D eigenvalue weighted by molar-refractivity contribution is 0.0742. The Labute approximate surface area is 168 Å². The first kappa shape index (κ1) is 22.0. The van der Waals surface area contributed by atoms with Crippen LogP contribution in [0.25, 0.3) is 0 Å². The molecule has 0 aromatic heterocycles. The number of unbranched alkanes of at least 4 members (excludes halogenated alkanes) is 1. The van der Waals surface area contributed by atoms with E-state index < -0.39 is 9.84 Å². The molecule has 0 N–H and O–H groups in total. The largest absolute Gasteiger partial charge is 0.375 e. The maximum absolute atomic E-state index is 12.9. The molecule has 0 saturated carbocycles. The first-order valence-corrected chi connectivity index (χ1v) is 11.4. The van der Waals surface area contributed by atoms with Crippen molar-refractivity contribution in [3.63, 3.8) is 0 Å². The quantitative estimate of drug-likeness (QED) is 0.665. The Balaban J connectivity index is 2.10. The second kappa shape index (κ2) is 9.24. The molecule has 28 heavy (non-hydrogen) atoms. The van der Waals surface area contributed by atoms with Gasteiger partial charge in [-0.05, 0) is 55.3 Å². The number of amides is 1. The van der Waals surface area contributed by atoms with E-state index in [0.717, 1.165) is 30.6 Å². The van der Waals surface area contributed by atoms with Crippen molar-refractivity contribution in [3.8, 4) is 0 Å². The minimum atomic E-state index is -3.23. The zero-order valence-electron chi connectivity index (χ0n) is 17.3. The van der Waals surface area contributed by atoms with E-state index in [1.165, 1.54) is 6.26 Å². The van der Waals surface area contributed by atoms with Crippen molar-refractivity contribution in [1.29, 1.82) is 0 Å². The normalized spacial score (nSPS) is 12.5. The molecule has 1 amide bonds. The SMILES string of the molecule is CCCCN(C)c1ccc(C(=O)N(C)C(C)c2ccc(S(C)(=O)=O)cc2)cc1. The van der Waals surface area contributed by atoms with Crippen LogP contribution >= 0.6 is 0 Å². The molecule has 1 unspecified atom stereocenters. The summed E-state index contributed by atoms with van der Waals surface area (Å²) in [6.07, 6.45) is 3.47. The summed E-state index contributed by atoms with van der Waals surface area (Å²) in [5.74, 6) is -0.0672. The number of carbonyl (C=O) groups is 1. The van der Waals surface area contributed by atoms with Gasteiger partial charge in [0.2, 0.25) is 0 Å². The lowest BCUT2D eigenvalue weighted by atomic mass is 10.1. The van der Waals surface area contributed by atoms with Crippen LogP contribution in [0.5, 0.6) is 0 Å². The zero-order chi connectivity index (χ0) is 20.9. The van der Waals surface area contributed by atoms with Crippen LogP contribution in [-0.2, 0) is 9.84 Å². The van der Waals surface area contributed by atoms with Crippen molar-refractivity contribution >= 4 is 21.4 Å². The fourth-order valence-electron chi connectivity index (χ4n) is 2.98. The van der Waals surface area contributed by atoms with Crippen LogP contribution in [-0.4, -0.2) is 46.1 Å². The first-order chi connectivity index (χ1) is 13.1. The zero-order valence-corrected chi connectivity index (χ0v) is 18.2. The van der Waals surface area contributed by atoms with Gasteiger partial charge < -0.3 is 9.80 Å². The summed E-state index contributed by atoms with van der Waals surface area (Å²) < 4.78 is 23.2. The molecule has 0 aliphatic carbocycles. The molecular formula is C22H30N2O3S. The van der Waals surface area contributed by atoms with E-state index in [1.54, 1.807) is 36.2 Å². The predicted octanol–water partition coefficient (Wildman–Crippen LogP) is 4.16. The molecule has 0 aliphatic heterocycles. The smallest absolute Gasteiger partial charge is 0.254 e. The number of rotatable bonds is 8. The Hall–Kier alpha value is -2.34. The lowest BCUT2D eigenvalue weighted by Crippen LogP contribution is -2.29. The van der Waals surface area contributed by atoms with Gasteiger partial charge in [0, 0.05) is 38.1 Å². The Morgan fingerprint density at radius 3 is 2.07 bits per heavy atom. The molecular weight excluding hydrogens is 372 g/mol. The molecule has 0 radical (unpaired) electrons. The summed E-state index contributed by atoms with van der Waals surface area (Å²) in [6.45, 7) is 5.09. The Morgan fingerprint density at radius 1 is 1.00 bits per heavy atom. The predicted molar refractivity (Wildman–Crippen MR) is 115 cm³/mol. The number of benzene rings is 2. The monoisotopic (exact) mass is 402 g/mol. The van der Waals surface area contributed by atoms with E-state index in [1.807, 2.05) is 31.2 Å². The molecule has 0 bridgehead atoms. The van der Waals surface area contributed by atoms with Crippen LogP contribution in [0.15, 0.2) is 53.4 Å². The van der Waals surface area contributed by atoms with Gasteiger partial charge in [-0.1, -0.05) is 25.5 Å². The highest BCUT2D eigenvalue weighted by molar-refractivity contribution is 7.90. The van der Waals surface area contributed by atoms with Gasteiger partial charge in [0.05, 0.1) is 10.9 Å². The molecule has 0 fully saturated rings.